The number of hydrogen-bond acceptors (Lipinski definition) is 3. The van der Waals surface area contributed by atoms with Gasteiger partial charge < -0.3 is 14.3 Å². The third-order valence-electron chi connectivity index (χ3n) is 5.59. The van der Waals surface area contributed by atoms with E-state index in [-0.39, 0.29) is 22.5 Å². The Labute approximate surface area is 125 Å². The fourth-order valence-electron chi connectivity index (χ4n) is 3.02. The maximum atomic E-state index is 11.5. The predicted molar refractivity (Wildman–Crippen MR) is 85.3 cm³/mol. The van der Waals surface area contributed by atoms with Gasteiger partial charge in [0.25, 0.3) is 0 Å². The molecular formula is C16H32O3Si. The highest BCUT2D eigenvalue weighted by Crippen LogP contribution is 2.49. The highest BCUT2D eigenvalue weighted by atomic mass is 28.4. The number of rotatable bonds is 3. The molecule has 0 heterocycles. The van der Waals surface area contributed by atoms with Crippen LogP contribution in [-0.4, -0.2) is 31.4 Å². The minimum atomic E-state index is -1.87. The topological polar surface area (TPSA) is 46.5 Å². The summed E-state index contributed by atoms with van der Waals surface area (Å²) in [7, 11) is -1.87. The number of carbonyl (C=O) groups excluding carboxylic acids is 1. The summed E-state index contributed by atoms with van der Waals surface area (Å²) in [5, 5.41) is 10.6. The second-order valence-electron chi connectivity index (χ2n) is 8.70. The Hall–Kier alpha value is -0.193. The van der Waals surface area contributed by atoms with Gasteiger partial charge in [-0.25, -0.2) is 0 Å². The van der Waals surface area contributed by atoms with Crippen LogP contribution in [0.3, 0.4) is 0 Å². The summed E-state index contributed by atoms with van der Waals surface area (Å²) in [5.74, 6) is -0.376. The zero-order valence-electron chi connectivity index (χ0n) is 14.4. The van der Waals surface area contributed by atoms with Gasteiger partial charge in [0.1, 0.15) is 6.29 Å². The lowest BCUT2D eigenvalue weighted by molar-refractivity contribution is -0.152. The van der Waals surface area contributed by atoms with E-state index in [9.17, 15) is 9.90 Å². The lowest BCUT2D eigenvalue weighted by Gasteiger charge is -2.53. The van der Waals surface area contributed by atoms with Crippen LogP contribution < -0.4 is 0 Å². The summed E-state index contributed by atoms with van der Waals surface area (Å²) in [5.41, 5.74) is -1.25. The van der Waals surface area contributed by atoms with Crippen molar-refractivity contribution in [1.29, 1.82) is 0 Å². The SMILES string of the molecule is CC1(O)CCC(O[Si](C)(C)C(C)(C)C)C(C)(C)C1C=O. The van der Waals surface area contributed by atoms with Crippen LogP contribution >= 0.6 is 0 Å². The van der Waals surface area contributed by atoms with Gasteiger partial charge in [0.15, 0.2) is 8.32 Å². The Morgan fingerprint density at radius 3 is 2.15 bits per heavy atom. The first kappa shape index (κ1) is 17.9. The maximum Gasteiger partial charge on any atom is 0.192 e. The van der Waals surface area contributed by atoms with E-state index in [1.165, 1.54) is 0 Å². The van der Waals surface area contributed by atoms with E-state index in [2.05, 4.69) is 47.7 Å². The molecule has 0 spiro atoms. The lowest BCUT2D eigenvalue weighted by atomic mass is 9.61. The quantitative estimate of drug-likeness (QED) is 0.637. The van der Waals surface area contributed by atoms with Gasteiger partial charge in [-0.3, -0.25) is 0 Å². The number of hydrogen-bond donors (Lipinski definition) is 1. The highest BCUT2D eigenvalue weighted by molar-refractivity contribution is 6.74. The van der Waals surface area contributed by atoms with Gasteiger partial charge in [-0.05, 0) is 37.9 Å². The van der Waals surface area contributed by atoms with Crippen molar-refractivity contribution >= 4 is 14.6 Å². The molecule has 0 saturated heterocycles. The first-order valence-corrected chi connectivity index (χ1v) is 10.5. The fraction of sp³-hybridized carbons (Fsp3) is 0.938. The molecule has 3 atom stereocenters. The molecule has 118 valence electrons. The van der Waals surface area contributed by atoms with Crippen LogP contribution in [0, 0.1) is 11.3 Å². The standard InChI is InChI=1S/C16H32O3Si/c1-14(2,3)20(7,8)19-13-9-10-16(6,18)12(11-17)15(13,4)5/h11-13,18H,9-10H2,1-8H3. The second kappa shape index (κ2) is 5.22. The van der Waals surface area contributed by atoms with Crippen LogP contribution in [0.4, 0.5) is 0 Å². The average Bonchev–Trinajstić information content (AvgIpc) is 2.20. The fourth-order valence-corrected chi connectivity index (χ4v) is 4.50. The van der Waals surface area contributed by atoms with E-state index in [1.807, 2.05) is 0 Å². The van der Waals surface area contributed by atoms with Crippen LogP contribution in [0.5, 0.6) is 0 Å². The molecule has 1 saturated carbocycles. The number of carbonyl (C=O) groups is 1. The van der Waals surface area contributed by atoms with Crippen molar-refractivity contribution in [2.24, 2.45) is 11.3 Å². The summed E-state index contributed by atoms with van der Waals surface area (Å²) < 4.78 is 6.55. The van der Waals surface area contributed by atoms with Gasteiger partial charge >= 0.3 is 0 Å². The lowest BCUT2D eigenvalue weighted by Crippen LogP contribution is -2.58. The van der Waals surface area contributed by atoms with Crippen molar-refractivity contribution in [3.63, 3.8) is 0 Å². The minimum Gasteiger partial charge on any atom is -0.413 e. The van der Waals surface area contributed by atoms with E-state index in [4.69, 9.17) is 4.43 Å². The van der Waals surface area contributed by atoms with Crippen molar-refractivity contribution in [1.82, 2.24) is 0 Å². The number of aldehydes is 1. The molecule has 0 radical (unpaired) electrons. The molecule has 4 heteroatoms. The largest absolute Gasteiger partial charge is 0.413 e. The molecule has 1 aliphatic rings. The molecule has 0 aromatic rings. The molecule has 3 unspecified atom stereocenters. The Morgan fingerprint density at radius 2 is 1.75 bits per heavy atom. The van der Waals surface area contributed by atoms with E-state index in [0.717, 1.165) is 12.7 Å². The van der Waals surface area contributed by atoms with E-state index < -0.39 is 13.9 Å². The minimum absolute atomic E-state index is 0.0406. The van der Waals surface area contributed by atoms with E-state index in [0.29, 0.717) is 6.42 Å². The molecule has 1 fully saturated rings. The summed E-state index contributed by atoms with van der Waals surface area (Å²) in [6.07, 6.45) is 2.40. The van der Waals surface area contributed by atoms with E-state index >= 15 is 0 Å². The zero-order chi connectivity index (χ0) is 16.0. The molecule has 1 N–H and O–H groups in total. The van der Waals surface area contributed by atoms with Gasteiger partial charge in [-0.2, -0.15) is 0 Å². The summed E-state index contributed by atoms with van der Waals surface area (Å²) >= 11 is 0. The van der Waals surface area contributed by atoms with Gasteiger partial charge in [0, 0.05) is 5.41 Å². The number of aliphatic hydroxyl groups is 1. The first-order chi connectivity index (χ1) is 8.75. The van der Waals surface area contributed by atoms with Crippen molar-refractivity contribution in [2.45, 2.75) is 84.2 Å². The Morgan fingerprint density at radius 1 is 1.25 bits per heavy atom. The molecule has 0 amide bonds. The molecule has 0 aliphatic heterocycles. The molecule has 1 rings (SSSR count). The summed E-state index contributed by atoms with van der Waals surface area (Å²) in [6, 6.07) is 0. The monoisotopic (exact) mass is 300 g/mol. The van der Waals surface area contributed by atoms with Crippen LogP contribution in [0.15, 0.2) is 0 Å². The van der Waals surface area contributed by atoms with Crippen molar-refractivity contribution in [3.8, 4) is 0 Å². The molecule has 1 aliphatic carbocycles. The van der Waals surface area contributed by atoms with Gasteiger partial charge in [0.05, 0.1) is 17.6 Å². The smallest absolute Gasteiger partial charge is 0.192 e. The van der Waals surface area contributed by atoms with Crippen molar-refractivity contribution < 1.29 is 14.3 Å². The third kappa shape index (κ3) is 3.17. The average molecular weight is 301 g/mol. The van der Waals surface area contributed by atoms with Gasteiger partial charge in [-0.1, -0.05) is 34.6 Å². The molecule has 0 aromatic carbocycles. The molecule has 0 bridgehead atoms. The molecule has 3 nitrogen and oxygen atoms in total. The summed E-state index contributed by atoms with van der Waals surface area (Å²) in [6.45, 7) is 17.0. The van der Waals surface area contributed by atoms with Crippen LogP contribution in [0.25, 0.3) is 0 Å². The van der Waals surface area contributed by atoms with Gasteiger partial charge in [-0.15, -0.1) is 0 Å². The molecule has 20 heavy (non-hydrogen) atoms. The second-order valence-corrected chi connectivity index (χ2v) is 13.5. The van der Waals surface area contributed by atoms with E-state index in [1.54, 1.807) is 6.92 Å². The summed E-state index contributed by atoms with van der Waals surface area (Å²) in [4.78, 5) is 11.5. The van der Waals surface area contributed by atoms with Crippen molar-refractivity contribution in [3.05, 3.63) is 0 Å². The highest BCUT2D eigenvalue weighted by Gasteiger charge is 2.53. The van der Waals surface area contributed by atoms with Crippen molar-refractivity contribution in [2.75, 3.05) is 0 Å². The van der Waals surface area contributed by atoms with Crippen LogP contribution in [0.2, 0.25) is 18.1 Å². The predicted octanol–water partition coefficient (Wildman–Crippen LogP) is 3.76. The maximum absolute atomic E-state index is 11.5. The normalized spacial score (nSPS) is 34.9. The third-order valence-corrected chi connectivity index (χ3v) is 10.1. The Kier molecular flexibility index (Phi) is 4.66. The first-order valence-electron chi connectivity index (χ1n) is 7.61. The van der Waals surface area contributed by atoms with Gasteiger partial charge in [0.2, 0.25) is 0 Å². The Bertz CT molecular complexity index is 366. The van der Waals surface area contributed by atoms with Crippen LogP contribution in [-0.2, 0) is 9.22 Å². The Balaban J connectivity index is 3.02. The molecular weight excluding hydrogens is 268 g/mol. The molecule has 0 aromatic heterocycles. The zero-order valence-corrected chi connectivity index (χ0v) is 15.4. The van der Waals surface area contributed by atoms with Crippen LogP contribution in [0.1, 0.15) is 54.4 Å².